The molecule has 1 atom stereocenters. The Morgan fingerprint density at radius 3 is 2.61 bits per heavy atom. The zero-order valence-electron chi connectivity index (χ0n) is 11.8. The molecule has 0 radical (unpaired) electrons. The summed E-state index contributed by atoms with van der Waals surface area (Å²) in [5.74, 6) is 1.00. The second kappa shape index (κ2) is 7.74. The third kappa shape index (κ3) is 5.36. The second-order valence-electron chi connectivity index (χ2n) is 5.70. The van der Waals surface area contributed by atoms with E-state index in [0.29, 0.717) is 24.4 Å². The molecule has 1 saturated carbocycles. The SMILES string of the molecule is CCOC1CC(CC(=O)NC(CO)CC(C)C)C1. The molecular formula is C14H27NO3. The van der Waals surface area contributed by atoms with Gasteiger partial charge in [0.2, 0.25) is 5.91 Å². The Bertz CT molecular complexity index is 249. The minimum absolute atomic E-state index is 0.0240. The van der Waals surface area contributed by atoms with Gasteiger partial charge in [-0.2, -0.15) is 0 Å². The maximum Gasteiger partial charge on any atom is 0.220 e. The average molecular weight is 257 g/mol. The number of ether oxygens (including phenoxy) is 1. The van der Waals surface area contributed by atoms with Crippen LogP contribution in [0.1, 0.15) is 46.5 Å². The Hall–Kier alpha value is -0.610. The summed E-state index contributed by atoms with van der Waals surface area (Å²) in [6, 6.07) is -0.0970. The molecule has 1 aliphatic carbocycles. The van der Waals surface area contributed by atoms with Gasteiger partial charge in [0, 0.05) is 13.0 Å². The van der Waals surface area contributed by atoms with Gasteiger partial charge in [-0.1, -0.05) is 13.8 Å². The molecule has 1 rings (SSSR count). The molecule has 0 bridgehead atoms. The van der Waals surface area contributed by atoms with Gasteiger partial charge >= 0.3 is 0 Å². The number of aliphatic hydroxyl groups excluding tert-OH is 1. The predicted molar refractivity (Wildman–Crippen MR) is 71.2 cm³/mol. The number of amides is 1. The highest BCUT2D eigenvalue weighted by Crippen LogP contribution is 2.32. The van der Waals surface area contributed by atoms with E-state index in [9.17, 15) is 9.90 Å². The van der Waals surface area contributed by atoms with Crippen LogP contribution in [0, 0.1) is 11.8 Å². The molecule has 0 aromatic rings. The van der Waals surface area contributed by atoms with E-state index in [2.05, 4.69) is 19.2 Å². The number of carbonyl (C=O) groups is 1. The molecule has 0 spiro atoms. The van der Waals surface area contributed by atoms with Gasteiger partial charge < -0.3 is 15.2 Å². The zero-order valence-corrected chi connectivity index (χ0v) is 11.8. The highest BCUT2D eigenvalue weighted by molar-refractivity contribution is 5.76. The molecule has 0 aliphatic heterocycles. The van der Waals surface area contributed by atoms with Crippen LogP contribution in [0.25, 0.3) is 0 Å². The van der Waals surface area contributed by atoms with Crippen molar-refractivity contribution in [2.45, 2.75) is 58.6 Å². The molecule has 4 nitrogen and oxygen atoms in total. The summed E-state index contributed by atoms with van der Waals surface area (Å²) in [6.07, 6.45) is 3.74. The lowest BCUT2D eigenvalue weighted by atomic mass is 9.80. The fourth-order valence-corrected chi connectivity index (χ4v) is 2.51. The van der Waals surface area contributed by atoms with Gasteiger partial charge in [-0.3, -0.25) is 4.79 Å². The topological polar surface area (TPSA) is 58.6 Å². The first-order chi connectivity index (χ1) is 8.55. The summed E-state index contributed by atoms with van der Waals surface area (Å²) in [5, 5.41) is 12.1. The van der Waals surface area contributed by atoms with E-state index in [1.165, 1.54) is 0 Å². The molecule has 0 heterocycles. The normalized spacial score (nSPS) is 24.7. The number of nitrogens with one attached hydrogen (secondary N) is 1. The average Bonchev–Trinajstić information content (AvgIpc) is 2.24. The van der Waals surface area contributed by atoms with Crippen molar-refractivity contribution in [3.05, 3.63) is 0 Å². The first-order valence-corrected chi connectivity index (χ1v) is 7.06. The van der Waals surface area contributed by atoms with Crippen LogP contribution in [0.2, 0.25) is 0 Å². The van der Waals surface area contributed by atoms with Crippen LogP contribution >= 0.6 is 0 Å². The summed E-state index contributed by atoms with van der Waals surface area (Å²) in [5.41, 5.74) is 0. The Morgan fingerprint density at radius 1 is 1.44 bits per heavy atom. The van der Waals surface area contributed by atoms with Gasteiger partial charge in [0.15, 0.2) is 0 Å². The zero-order chi connectivity index (χ0) is 13.5. The van der Waals surface area contributed by atoms with E-state index < -0.39 is 0 Å². The summed E-state index contributed by atoms with van der Waals surface area (Å²) < 4.78 is 5.47. The summed E-state index contributed by atoms with van der Waals surface area (Å²) in [6.45, 7) is 6.96. The van der Waals surface area contributed by atoms with Crippen molar-refractivity contribution in [3.63, 3.8) is 0 Å². The minimum atomic E-state index is -0.0970. The number of aliphatic hydroxyl groups is 1. The molecular weight excluding hydrogens is 230 g/mol. The first kappa shape index (κ1) is 15.4. The maximum atomic E-state index is 11.8. The Labute approximate surface area is 110 Å². The van der Waals surface area contributed by atoms with Gasteiger partial charge in [-0.25, -0.2) is 0 Å². The third-order valence-electron chi connectivity index (χ3n) is 3.41. The van der Waals surface area contributed by atoms with Crippen LogP contribution in [0.3, 0.4) is 0 Å². The van der Waals surface area contributed by atoms with Gasteiger partial charge in [0.05, 0.1) is 18.8 Å². The van der Waals surface area contributed by atoms with Gasteiger partial charge in [0.25, 0.3) is 0 Å². The molecule has 2 N–H and O–H groups in total. The van der Waals surface area contributed by atoms with Crippen LogP contribution < -0.4 is 5.32 Å². The molecule has 0 aromatic heterocycles. The lowest BCUT2D eigenvalue weighted by Crippen LogP contribution is -2.41. The maximum absolute atomic E-state index is 11.8. The lowest BCUT2D eigenvalue weighted by Gasteiger charge is -2.34. The van der Waals surface area contributed by atoms with Crippen molar-refractivity contribution < 1.29 is 14.6 Å². The summed E-state index contributed by atoms with van der Waals surface area (Å²) in [4.78, 5) is 11.8. The van der Waals surface area contributed by atoms with Crippen molar-refractivity contribution in [2.75, 3.05) is 13.2 Å². The molecule has 106 valence electrons. The molecule has 0 saturated heterocycles. The molecule has 4 heteroatoms. The van der Waals surface area contributed by atoms with E-state index in [1.54, 1.807) is 0 Å². The Morgan fingerprint density at radius 2 is 2.11 bits per heavy atom. The molecule has 0 aromatic carbocycles. The fourth-order valence-electron chi connectivity index (χ4n) is 2.51. The van der Waals surface area contributed by atoms with Gasteiger partial charge in [0.1, 0.15) is 0 Å². The van der Waals surface area contributed by atoms with Crippen molar-refractivity contribution in [1.82, 2.24) is 5.32 Å². The van der Waals surface area contributed by atoms with Crippen LogP contribution in [0.15, 0.2) is 0 Å². The monoisotopic (exact) mass is 257 g/mol. The van der Waals surface area contributed by atoms with Crippen LogP contribution in [0.5, 0.6) is 0 Å². The molecule has 1 aliphatic rings. The number of hydrogen-bond donors (Lipinski definition) is 2. The smallest absolute Gasteiger partial charge is 0.220 e. The Balaban J connectivity index is 2.17. The molecule has 18 heavy (non-hydrogen) atoms. The van der Waals surface area contributed by atoms with Gasteiger partial charge in [-0.15, -0.1) is 0 Å². The standard InChI is InChI=1S/C14H27NO3/c1-4-18-13-6-11(7-13)8-14(17)15-12(9-16)5-10(2)3/h10-13,16H,4-9H2,1-3H3,(H,15,17). The van der Waals surface area contributed by atoms with Crippen LogP contribution in [-0.2, 0) is 9.53 Å². The predicted octanol–water partition coefficient (Wildman–Crippen LogP) is 1.71. The van der Waals surface area contributed by atoms with Crippen LogP contribution in [0.4, 0.5) is 0 Å². The number of hydrogen-bond acceptors (Lipinski definition) is 3. The van der Waals surface area contributed by atoms with Crippen LogP contribution in [-0.4, -0.2) is 36.4 Å². The highest BCUT2D eigenvalue weighted by atomic mass is 16.5. The molecule has 1 fully saturated rings. The van der Waals surface area contributed by atoms with E-state index in [0.717, 1.165) is 25.9 Å². The van der Waals surface area contributed by atoms with Crippen molar-refractivity contribution >= 4 is 5.91 Å². The number of carbonyl (C=O) groups excluding carboxylic acids is 1. The highest BCUT2D eigenvalue weighted by Gasteiger charge is 2.31. The van der Waals surface area contributed by atoms with E-state index in [-0.39, 0.29) is 18.6 Å². The van der Waals surface area contributed by atoms with E-state index >= 15 is 0 Å². The molecule has 1 amide bonds. The summed E-state index contributed by atoms with van der Waals surface area (Å²) in [7, 11) is 0. The molecule has 1 unspecified atom stereocenters. The van der Waals surface area contributed by atoms with Crippen molar-refractivity contribution in [3.8, 4) is 0 Å². The fraction of sp³-hybridized carbons (Fsp3) is 0.929. The number of rotatable bonds is 8. The second-order valence-corrected chi connectivity index (χ2v) is 5.70. The summed E-state index contributed by atoms with van der Waals surface area (Å²) >= 11 is 0. The van der Waals surface area contributed by atoms with E-state index in [4.69, 9.17) is 4.74 Å². The van der Waals surface area contributed by atoms with Crippen molar-refractivity contribution in [1.29, 1.82) is 0 Å². The first-order valence-electron chi connectivity index (χ1n) is 7.06. The minimum Gasteiger partial charge on any atom is -0.394 e. The van der Waals surface area contributed by atoms with Gasteiger partial charge in [-0.05, 0) is 38.0 Å². The van der Waals surface area contributed by atoms with E-state index in [1.807, 2.05) is 6.92 Å². The van der Waals surface area contributed by atoms with Crippen molar-refractivity contribution in [2.24, 2.45) is 11.8 Å². The largest absolute Gasteiger partial charge is 0.394 e. The Kier molecular flexibility index (Phi) is 6.65. The lowest BCUT2D eigenvalue weighted by molar-refractivity contribution is -0.125. The third-order valence-corrected chi connectivity index (χ3v) is 3.41. The quantitative estimate of drug-likeness (QED) is 0.696.